The van der Waals surface area contributed by atoms with Crippen LogP contribution in [0.5, 0.6) is 0 Å². The van der Waals surface area contributed by atoms with E-state index < -0.39 is 0 Å². The first-order valence-electron chi connectivity index (χ1n) is 3.81. The van der Waals surface area contributed by atoms with Crippen molar-refractivity contribution in [3.05, 3.63) is 36.5 Å². The van der Waals surface area contributed by atoms with E-state index in [0.29, 0.717) is 5.92 Å². The van der Waals surface area contributed by atoms with Crippen LogP contribution in [0.25, 0.3) is 0 Å². The largest absolute Gasteiger partial charge is 0.298 e. The van der Waals surface area contributed by atoms with Crippen LogP contribution in [0.3, 0.4) is 0 Å². The molecule has 1 aliphatic carbocycles. The second-order valence-corrected chi connectivity index (χ2v) is 2.70. The van der Waals surface area contributed by atoms with E-state index in [1.807, 2.05) is 18.2 Å². The highest BCUT2D eigenvalue weighted by Crippen LogP contribution is 2.18. The maximum Gasteiger partial charge on any atom is 0.149 e. The molecule has 1 nitrogen and oxygen atoms in total. The Morgan fingerprint density at radius 2 is 2.55 bits per heavy atom. The van der Waals surface area contributed by atoms with Crippen LogP contribution in [0.2, 0.25) is 0 Å². The SMILES string of the molecule is C=CCC1C=CC(C=O)=CC1. The number of rotatable bonds is 3. The van der Waals surface area contributed by atoms with Gasteiger partial charge in [0.1, 0.15) is 6.29 Å². The molecule has 0 aromatic carbocycles. The predicted molar refractivity (Wildman–Crippen MR) is 46.2 cm³/mol. The Labute approximate surface area is 67.1 Å². The van der Waals surface area contributed by atoms with Gasteiger partial charge in [-0.1, -0.05) is 24.3 Å². The molecule has 0 heterocycles. The fourth-order valence-electron chi connectivity index (χ4n) is 1.16. The highest BCUT2D eigenvalue weighted by atomic mass is 16.1. The lowest BCUT2D eigenvalue weighted by atomic mass is 9.94. The van der Waals surface area contributed by atoms with Gasteiger partial charge >= 0.3 is 0 Å². The molecule has 0 spiro atoms. The van der Waals surface area contributed by atoms with E-state index in [1.54, 1.807) is 0 Å². The molecule has 1 unspecified atom stereocenters. The zero-order valence-electron chi connectivity index (χ0n) is 6.49. The quantitative estimate of drug-likeness (QED) is 0.443. The molecule has 11 heavy (non-hydrogen) atoms. The van der Waals surface area contributed by atoms with Crippen molar-refractivity contribution in [1.82, 2.24) is 0 Å². The van der Waals surface area contributed by atoms with E-state index >= 15 is 0 Å². The van der Waals surface area contributed by atoms with E-state index in [1.165, 1.54) is 0 Å². The molecule has 1 aliphatic rings. The molecule has 0 saturated carbocycles. The molecule has 0 aliphatic heterocycles. The topological polar surface area (TPSA) is 17.1 Å². The number of aldehydes is 1. The van der Waals surface area contributed by atoms with Crippen LogP contribution in [0, 0.1) is 5.92 Å². The van der Waals surface area contributed by atoms with Crippen LogP contribution >= 0.6 is 0 Å². The summed E-state index contributed by atoms with van der Waals surface area (Å²) in [4.78, 5) is 10.3. The third-order valence-electron chi connectivity index (χ3n) is 1.82. The molecular weight excluding hydrogens is 136 g/mol. The summed E-state index contributed by atoms with van der Waals surface area (Å²) in [6.07, 6.45) is 10.7. The first-order valence-corrected chi connectivity index (χ1v) is 3.81. The second-order valence-electron chi connectivity index (χ2n) is 2.70. The summed E-state index contributed by atoms with van der Waals surface area (Å²) in [5.74, 6) is 0.552. The summed E-state index contributed by atoms with van der Waals surface area (Å²) in [5.41, 5.74) is 0.797. The Morgan fingerprint density at radius 1 is 1.73 bits per heavy atom. The highest BCUT2D eigenvalue weighted by Gasteiger charge is 2.05. The number of hydrogen-bond donors (Lipinski definition) is 0. The summed E-state index contributed by atoms with van der Waals surface area (Å²) in [6, 6.07) is 0. The number of carbonyl (C=O) groups excluding carboxylic acids is 1. The van der Waals surface area contributed by atoms with Crippen LogP contribution in [-0.4, -0.2) is 6.29 Å². The van der Waals surface area contributed by atoms with Crippen LogP contribution in [0.1, 0.15) is 12.8 Å². The maximum atomic E-state index is 10.3. The number of carbonyl (C=O) groups is 1. The molecule has 1 heteroatoms. The third-order valence-corrected chi connectivity index (χ3v) is 1.82. The third kappa shape index (κ3) is 2.19. The number of hydrogen-bond acceptors (Lipinski definition) is 1. The first-order chi connectivity index (χ1) is 5.36. The molecule has 0 aromatic heterocycles. The summed E-state index contributed by atoms with van der Waals surface area (Å²) >= 11 is 0. The van der Waals surface area contributed by atoms with E-state index in [0.717, 1.165) is 24.7 Å². The van der Waals surface area contributed by atoms with Crippen molar-refractivity contribution >= 4 is 6.29 Å². The zero-order chi connectivity index (χ0) is 8.10. The molecular formula is C10H12O. The summed E-state index contributed by atoms with van der Waals surface area (Å²) in [7, 11) is 0. The molecule has 1 atom stereocenters. The standard InChI is InChI=1S/C10H12O/c1-2-3-9-4-6-10(8-11)7-5-9/h2,4,6-9H,1,3,5H2. The highest BCUT2D eigenvalue weighted by molar-refractivity contribution is 5.77. The fraction of sp³-hybridized carbons (Fsp3) is 0.300. The minimum Gasteiger partial charge on any atom is -0.298 e. The van der Waals surface area contributed by atoms with Crippen molar-refractivity contribution in [1.29, 1.82) is 0 Å². The van der Waals surface area contributed by atoms with Gasteiger partial charge in [-0.05, 0) is 18.8 Å². The molecule has 0 fully saturated rings. The fourth-order valence-corrected chi connectivity index (χ4v) is 1.16. The molecule has 0 aromatic rings. The van der Waals surface area contributed by atoms with Crippen molar-refractivity contribution in [2.45, 2.75) is 12.8 Å². The van der Waals surface area contributed by atoms with Crippen molar-refractivity contribution in [3.8, 4) is 0 Å². The Balaban J connectivity index is 2.49. The summed E-state index contributed by atoms with van der Waals surface area (Å²) in [5, 5.41) is 0. The van der Waals surface area contributed by atoms with Gasteiger partial charge in [0.05, 0.1) is 0 Å². The molecule has 58 valence electrons. The molecule has 1 rings (SSSR count). The van der Waals surface area contributed by atoms with E-state index in [2.05, 4.69) is 12.7 Å². The van der Waals surface area contributed by atoms with Gasteiger partial charge in [-0.25, -0.2) is 0 Å². The molecule has 0 N–H and O–H groups in total. The van der Waals surface area contributed by atoms with Crippen molar-refractivity contribution in [3.63, 3.8) is 0 Å². The molecule has 0 radical (unpaired) electrons. The lowest BCUT2D eigenvalue weighted by Gasteiger charge is -2.10. The average Bonchev–Trinajstić information content (AvgIpc) is 2.07. The summed E-state index contributed by atoms with van der Waals surface area (Å²) in [6.45, 7) is 3.67. The van der Waals surface area contributed by atoms with Crippen LogP contribution in [0.15, 0.2) is 36.5 Å². The van der Waals surface area contributed by atoms with Gasteiger partial charge in [0.2, 0.25) is 0 Å². The monoisotopic (exact) mass is 148 g/mol. The molecule has 0 saturated heterocycles. The first kappa shape index (κ1) is 7.99. The van der Waals surface area contributed by atoms with Crippen LogP contribution in [0.4, 0.5) is 0 Å². The number of allylic oxidation sites excluding steroid dienone is 5. The Bertz CT molecular complexity index is 211. The van der Waals surface area contributed by atoms with Gasteiger partial charge in [0.15, 0.2) is 0 Å². The van der Waals surface area contributed by atoms with Crippen molar-refractivity contribution in [2.75, 3.05) is 0 Å². The minimum absolute atomic E-state index is 0.552. The lowest BCUT2D eigenvalue weighted by molar-refractivity contribution is -0.104. The predicted octanol–water partition coefficient (Wildman–Crippen LogP) is 2.26. The Kier molecular flexibility index (Phi) is 2.84. The van der Waals surface area contributed by atoms with Crippen molar-refractivity contribution in [2.24, 2.45) is 5.92 Å². The van der Waals surface area contributed by atoms with Gasteiger partial charge < -0.3 is 0 Å². The summed E-state index contributed by atoms with van der Waals surface area (Å²) < 4.78 is 0. The lowest BCUT2D eigenvalue weighted by Crippen LogP contribution is -1.98. The van der Waals surface area contributed by atoms with Crippen LogP contribution < -0.4 is 0 Å². The van der Waals surface area contributed by atoms with Gasteiger partial charge in [-0.15, -0.1) is 6.58 Å². The minimum atomic E-state index is 0.552. The van der Waals surface area contributed by atoms with E-state index in [-0.39, 0.29) is 0 Å². The van der Waals surface area contributed by atoms with Gasteiger partial charge in [-0.3, -0.25) is 4.79 Å². The van der Waals surface area contributed by atoms with Gasteiger partial charge in [-0.2, -0.15) is 0 Å². The maximum absolute atomic E-state index is 10.3. The average molecular weight is 148 g/mol. The van der Waals surface area contributed by atoms with E-state index in [9.17, 15) is 4.79 Å². The van der Waals surface area contributed by atoms with E-state index in [4.69, 9.17) is 0 Å². The van der Waals surface area contributed by atoms with Crippen molar-refractivity contribution < 1.29 is 4.79 Å². The van der Waals surface area contributed by atoms with Gasteiger partial charge in [0, 0.05) is 5.57 Å². The van der Waals surface area contributed by atoms with Gasteiger partial charge in [0.25, 0.3) is 0 Å². The normalized spacial score (nSPS) is 22.5. The zero-order valence-corrected chi connectivity index (χ0v) is 6.49. The Morgan fingerprint density at radius 3 is 3.00 bits per heavy atom. The second kappa shape index (κ2) is 3.91. The molecule has 0 amide bonds. The Hall–Kier alpha value is -1.11. The molecule has 0 bridgehead atoms. The van der Waals surface area contributed by atoms with Crippen LogP contribution in [-0.2, 0) is 4.79 Å². The smallest absolute Gasteiger partial charge is 0.149 e.